The summed E-state index contributed by atoms with van der Waals surface area (Å²) in [6.07, 6.45) is 2.46. The molecule has 0 aliphatic carbocycles. The number of pyridine rings is 1. The maximum Gasteiger partial charge on any atom is 0.164 e. The molecule has 1 unspecified atom stereocenters. The SMILES string of the molecule is CCc1cccnc1C(NC)c1ccc(C)c(F)c1F. The Morgan fingerprint density at radius 1 is 1.20 bits per heavy atom. The van der Waals surface area contributed by atoms with E-state index < -0.39 is 17.7 Å². The first-order chi connectivity index (χ1) is 9.60. The van der Waals surface area contributed by atoms with Gasteiger partial charge in [0.2, 0.25) is 0 Å². The number of hydrogen-bond acceptors (Lipinski definition) is 2. The van der Waals surface area contributed by atoms with E-state index in [0.717, 1.165) is 17.7 Å². The zero-order valence-corrected chi connectivity index (χ0v) is 11.9. The van der Waals surface area contributed by atoms with E-state index in [1.54, 1.807) is 32.3 Å². The minimum absolute atomic E-state index is 0.281. The molecule has 0 aliphatic rings. The molecule has 0 fully saturated rings. The van der Waals surface area contributed by atoms with Crippen LogP contribution in [-0.2, 0) is 6.42 Å². The average Bonchev–Trinajstić information content (AvgIpc) is 2.48. The normalized spacial score (nSPS) is 12.4. The van der Waals surface area contributed by atoms with Gasteiger partial charge in [-0.1, -0.05) is 25.1 Å². The molecule has 2 aromatic rings. The third kappa shape index (κ3) is 2.56. The fourth-order valence-electron chi connectivity index (χ4n) is 2.33. The number of aromatic nitrogens is 1. The zero-order chi connectivity index (χ0) is 14.7. The molecule has 0 amide bonds. The largest absolute Gasteiger partial charge is 0.308 e. The molecular formula is C16H18F2N2. The van der Waals surface area contributed by atoms with Crippen LogP contribution in [0.5, 0.6) is 0 Å². The maximum atomic E-state index is 14.2. The molecule has 2 nitrogen and oxygen atoms in total. The number of halogens is 2. The molecule has 1 aromatic carbocycles. The molecule has 20 heavy (non-hydrogen) atoms. The van der Waals surface area contributed by atoms with Gasteiger partial charge in [-0.25, -0.2) is 8.78 Å². The molecule has 0 spiro atoms. The van der Waals surface area contributed by atoms with E-state index in [-0.39, 0.29) is 5.56 Å². The lowest BCUT2D eigenvalue weighted by molar-refractivity contribution is 0.480. The summed E-state index contributed by atoms with van der Waals surface area (Å²) in [6, 6.07) is 6.55. The Bertz CT molecular complexity index is 611. The van der Waals surface area contributed by atoms with Crippen molar-refractivity contribution in [2.75, 3.05) is 7.05 Å². The number of hydrogen-bond donors (Lipinski definition) is 1. The second-order valence-electron chi connectivity index (χ2n) is 4.72. The van der Waals surface area contributed by atoms with Crippen molar-refractivity contribution in [2.24, 2.45) is 0 Å². The lowest BCUT2D eigenvalue weighted by Gasteiger charge is -2.20. The number of benzene rings is 1. The Labute approximate surface area is 117 Å². The Morgan fingerprint density at radius 3 is 2.60 bits per heavy atom. The molecule has 1 N–H and O–H groups in total. The predicted molar refractivity (Wildman–Crippen MR) is 75.6 cm³/mol. The topological polar surface area (TPSA) is 24.9 Å². The van der Waals surface area contributed by atoms with Crippen molar-refractivity contribution in [3.8, 4) is 0 Å². The third-order valence-electron chi connectivity index (χ3n) is 3.49. The fourth-order valence-corrected chi connectivity index (χ4v) is 2.33. The minimum atomic E-state index is -0.808. The summed E-state index contributed by atoms with van der Waals surface area (Å²) < 4.78 is 27.9. The first-order valence-electron chi connectivity index (χ1n) is 6.65. The molecule has 0 radical (unpaired) electrons. The highest BCUT2D eigenvalue weighted by molar-refractivity contribution is 5.36. The molecule has 1 heterocycles. The van der Waals surface area contributed by atoms with Gasteiger partial charge in [-0.3, -0.25) is 4.98 Å². The van der Waals surface area contributed by atoms with Gasteiger partial charge in [0, 0.05) is 11.8 Å². The van der Waals surface area contributed by atoms with Gasteiger partial charge in [-0.05, 0) is 37.6 Å². The molecule has 0 bridgehead atoms. The van der Waals surface area contributed by atoms with Gasteiger partial charge < -0.3 is 5.32 Å². The van der Waals surface area contributed by atoms with Crippen LogP contribution in [-0.4, -0.2) is 12.0 Å². The number of nitrogens with zero attached hydrogens (tertiary/aromatic N) is 1. The molecular weight excluding hydrogens is 258 g/mol. The Balaban J connectivity index is 2.56. The van der Waals surface area contributed by atoms with Crippen LogP contribution >= 0.6 is 0 Å². The average molecular weight is 276 g/mol. The first kappa shape index (κ1) is 14.6. The van der Waals surface area contributed by atoms with E-state index in [2.05, 4.69) is 10.3 Å². The van der Waals surface area contributed by atoms with Gasteiger partial charge in [0.15, 0.2) is 11.6 Å². The molecule has 0 saturated heterocycles. The van der Waals surface area contributed by atoms with Crippen LogP contribution in [0.3, 0.4) is 0 Å². The van der Waals surface area contributed by atoms with Gasteiger partial charge in [0.25, 0.3) is 0 Å². The van der Waals surface area contributed by atoms with Crippen molar-refractivity contribution in [1.82, 2.24) is 10.3 Å². The van der Waals surface area contributed by atoms with Gasteiger partial charge in [0.05, 0.1) is 11.7 Å². The van der Waals surface area contributed by atoms with Crippen molar-refractivity contribution < 1.29 is 8.78 Å². The van der Waals surface area contributed by atoms with Crippen molar-refractivity contribution in [2.45, 2.75) is 26.3 Å². The predicted octanol–water partition coefficient (Wildman–Crippen LogP) is 3.54. The monoisotopic (exact) mass is 276 g/mol. The van der Waals surface area contributed by atoms with Crippen molar-refractivity contribution in [1.29, 1.82) is 0 Å². The highest BCUT2D eigenvalue weighted by atomic mass is 19.2. The first-order valence-corrected chi connectivity index (χ1v) is 6.65. The van der Waals surface area contributed by atoms with E-state index in [1.165, 1.54) is 0 Å². The van der Waals surface area contributed by atoms with Gasteiger partial charge >= 0.3 is 0 Å². The van der Waals surface area contributed by atoms with Crippen molar-refractivity contribution in [3.05, 3.63) is 64.5 Å². The van der Waals surface area contributed by atoms with Gasteiger partial charge in [-0.15, -0.1) is 0 Å². The van der Waals surface area contributed by atoms with Crippen molar-refractivity contribution in [3.63, 3.8) is 0 Å². The van der Waals surface area contributed by atoms with E-state index >= 15 is 0 Å². The summed E-state index contributed by atoms with van der Waals surface area (Å²) in [4.78, 5) is 4.34. The summed E-state index contributed by atoms with van der Waals surface area (Å²) in [5.74, 6) is -1.60. The summed E-state index contributed by atoms with van der Waals surface area (Å²) >= 11 is 0. The smallest absolute Gasteiger partial charge is 0.164 e. The van der Waals surface area contributed by atoms with Crippen LogP contribution in [0, 0.1) is 18.6 Å². The second-order valence-corrected chi connectivity index (χ2v) is 4.72. The van der Waals surface area contributed by atoms with E-state index in [4.69, 9.17) is 0 Å². The second kappa shape index (κ2) is 6.09. The number of aryl methyl sites for hydroxylation is 2. The van der Waals surface area contributed by atoms with Crippen molar-refractivity contribution >= 4 is 0 Å². The Kier molecular flexibility index (Phi) is 4.45. The van der Waals surface area contributed by atoms with Crippen LogP contribution < -0.4 is 5.32 Å². The molecule has 1 atom stereocenters. The van der Waals surface area contributed by atoms with Gasteiger partial charge in [-0.2, -0.15) is 0 Å². The summed E-state index contributed by atoms with van der Waals surface area (Å²) in [7, 11) is 1.72. The lowest BCUT2D eigenvalue weighted by Crippen LogP contribution is -2.22. The van der Waals surface area contributed by atoms with Gasteiger partial charge in [0.1, 0.15) is 0 Å². The summed E-state index contributed by atoms with van der Waals surface area (Å²) in [6.45, 7) is 3.56. The van der Waals surface area contributed by atoms with Crippen LogP contribution in [0.15, 0.2) is 30.5 Å². The van der Waals surface area contributed by atoms with E-state index in [1.807, 2.05) is 19.1 Å². The number of rotatable bonds is 4. The highest BCUT2D eigenvalue weighted by Gasteiger charge is 2.22. The van der Waals surface area contributed by atoms with E-state index in [9.17, 15) is 8.78 Å². The maximum absolute atomic E-state index is 14.2. The zero-order valence-electron chi connectivity index (χ0n) is 11.9. The molecule has 0 saturated carbocycles. The number of nitrogens with one attached hydrogen (secondary N) is 1. The summed E-state index contributed by atoms with van der Waals surface area (Å²) in [5.41, 5.74) is 2.34. The molecule has 106 valence electrons. The van der Waals surface area contributed by atoms with E-state index in [0.29, 0.717) is 5.56 Å². The molecule has 4 heteroatoms. The molecule has 0 aliphatic heterocycles. The summed E-state index contributed by atoms with van der Waals surface area (Å²) in [5, 5.41) is 3.03. The van der Waals surface area contributed by atoms with Crippen LogP contribution in [0.4, 0.5) is 8.78 Å². The Morgan fingerprint density at radius 2 is 1.95 bits per heavy atom. The standard InChI is InChI=1S/C16H18F2N2/c1-4-11-6-5-9-20-15(11)16(19-3)12-8-7-10(2)13(17)14(12)18/h5-9,16,19H,4H2,1-3H3. The molecule has 2 rings (SSSR count). The minimum Gasteiger partial charge on any atom is -0.308 e. The lowest BCUT2D eigenvalue weighted by atomic mass is 9.96. The third-order valence-corrected chi connectivity index (χ3v) is 3.49. The van der Waals surface area contributed by atoms with Crippen LogP contribution in [0.1, 0.15) is 35.3 Å². The quantitative estimate of drug-likeness (QED) is 0.924. The molecule has 1 aromatic heterocycles. The van der Waals surface area contributed by atoms with Crippen LogP contribution in [0.2, 0.25) is 0 Å². The Hall–Kier alpha value is -1.81. The fraction of sp³-hybridized carbons (Fsp3) is 0.312. The van der Waals surface area contributed by atoms with Crippen LogP contribution in [0.25, 0.3) is 0 Å². The highest BCUT2D eigenvalue weighted by Crippen LogP contribution is 2.27.